The van der Waals surface area contributed by atoms with Crippen LogP contribution in [0.15, 0.2) is 16.6 Å². The van der Waals surface area contributed by atoms with Crippen LogP contribution in [0.25, 0.3) is 0 Å². The van der Waals surface area contributed by atoms with Crippen molar-refractivity contribution in [2.75, 3.05) is 13.1 Å². The molecular formula is C13H18BrNO. The molecule has 2 nitrogen and oxygen atoms in total. The molecule has 1 unspecified atom stereocenters. The second-order valence-corrected chi connectivity index (χ2v) is 5.41. The lowest BCUT2D eigenvalue weighted by Crippen LogP contribution is -2.30. The van der Waals surface area contributed by atoms with Crippen LogP contribution in [0.2, 0.25) is 0 Å². The molecular weight excluding hydrogens is 266 g/mol. The largest absolute Gasteiger partial charge is 0.506 e. The van der Waals surface area contributed by atoms with Crippen molar-refractivity contribution < 1.29 is 5.11 Å². The number of benzene rings is 1. The normalized spacial score (nSPS) is 21.0. The Bertz CT molecular complexity index is 372. The summed E-state index contributed by atoms with van der Waals surface area (Å²) in [5.74, 6) is 1.09. The molecule has 1 atom stereocenters. The first-order valence-electron chi connectivity index (χ1n) is 5.86. The van der Waals surface area contributed by atoms with Crippen molar-refractivity contribution in [3.63, 3.8) is 0 Å². The Morgan fingerprint density at radius 3 is 3.00 bits per heavy atom. The van der Waals surface area contributed by atoms with Gasteiger partial charge >= 0.3 is 0 Å². The van der Waals surface area contributed by atoms with E-state index in [2.05, 4.69) is 27.3 Å². The van der Waals surface area contributed by atoms with Crippen LogP contribution in [0.4, 0.5) is 0 Å². The molecule has 3 heteroatoms. The predicted octanol–water partition coefficient (Wildman–Crippen LogP) is 3.01. The number of piperidine rings is 1. The van der Waals surface area contributed by atoms with E-state index in [9.17, 15) is 5.11 Å². The summed E-state index contributed by atoms with van der Waals surface area (Å²) in [7, 11) is 0. The van der Waals surface area contributed by atoms with E-state index in [-0.39, 0.29) is 0 Å². The van der Waals surface area contributed by atoms with Gasteiger partial charge in [0, 0.05) is 0 Å². The number of halogens is 1. The van der Waals surface area contributed by atoms with Gasteiger partial charge in [-0.2, -0.15) is 0 Å². The topological polar surface area (TPSA) is 32.3 Å². The van der Waals surface area contributed by atoms with Crippen LogP contribution in [0.3, 0.4) is 0 Å². The third-order valence-corrected chi connectivity index (χ3v) is 4.19. The minimum atomic E-state index is 0.390. The molecule has 1 aromatic carbocycles. The molecule has 1 saturated heterocycles. The Labute approximate surface area is 105 Å². The third-order valence-electron chi connectivity index (χ3n) is 3.31. The molecule has 0 saturated carbocycles. The number of aromatic hydroxyl groups is 1. The molecule has 1 heterocycles. The van der Waals surface area contributed by atoms with E-state index in [0.29, 0.717) is 11.7 Å². The summed E-state index contributed by atoms with van der Waals surface area (Å²) in [6.07, 6.45) is 3.59. The van der Waals surface area contributed by atoms with Gasteiger partial charge in [-0.1, -0.05) is 12.1 Å². The molecule has 2 rings (SSSR count). The lowest BCUT2D eigenvalue weighted by atomic mass is 9.92. The first-order valence-corrected chi connectivity index (χ1v) is 6.65. The van der Waals surface area contributed by atoms with Crippen molar-refractivity contribution in [3.8, 4) is 5.75 Å². The highest BCUT2D eigenvalue weighted by Gasteiger charge is 2.16. The molecule has 88 valence electrons. The van der Waals surface area contributed by atoms with Crippen LogP contribution in [-0.2, 0) is 6.42 Å². The minimum absolute atomic E-state index is 0.390. The van der Waals surface area contributed by atoms with Crippen molar-refractivity contribution >= 4 is 15.9 Å². The van der Waals surface area contributed by atoms with E-state index in [1.165, 1.54) is 18.4 Å². The summed E-state index contributed by atoms with van der Waals surface area (Å²) < 4.78 is 0.873. The number of nitrogens with one attached hydrogen (secondary N) is 1. The van der Waals surface area contributed by atoms with Crippen LogP contribution in [0.1, 0.15) is 24.0 Å². The maximum Gasteiger partial charge on any atom is 0.132 e. The third kappa shape index (κ3) is 2.58. The predicted molar refractivity (Wildman–Crippen MR) is 69.8 cm³/mol. The van der Waals surface area contributed by atoms with E-state index in [0.717, 1.165) is 29.5 Å². The monoisotopic (exact) mass is 283 g/mol. The summed E-state index contributed by atoms with van der Waals surface area (Å²) >= 11 is 3.49. The number of phenols is 1. The zero-order valence-corrected chi connectivity index (χ0v) is 11.2. The average molecular weight is 284 g/mol. The van der Waals surface area contributed by atoms with E-state index in [1.807, 2.05) is 13.0 Å². The minimum Gasteiger partial charge on any atom is -0.506 e. The van der Waals surface area contributed by atoms with Crippen LogP contribution >= 0.6 is 15.9 Å². The van der Waals surface area contributed by atoms with Gasteiger partial charge in [-0.3, -0.25) is 0 Å². The van der Waals surface area contributed by atoms with Gasteiger partial charge in [-0.05, 0) is 72.3 Å². The van der Waals surface area contributed by atoms with E-state index in [1.54, 1.807) is 0 Å². The molecule has 0 radical (unpaired) electrons. The van der Waals surface area contributed by atoms with Gasteiger partial charge in [0.15, 0.2) is 0 Å². The summed E-state index contributed by atoms with van der Waals surface area (Å²) in [6.45, 7) is 4.17. The Hall–Kier alpha value is -0.540. The smallest absolute Gasteiger partial charge is 0.132 e. The fourth-order valence-electron chi connectivity index (χ4n) is 2.27. The van der Waals surface area contributed by atoms with Crippen LogP contribution < -0.4 is 5.32 Å². The molecule has 2 N–H and O–H groups in total. The molecule has 1 fully saturated rings. The molecule has 0 aliphatic carbocycles. The highest BCUT2D eigenvalue weighted by molar-refractivity contribution is 9.10. The molecule has 0 aromatic heterocycles. The quantitative estimate of drug-likeness (QED) is 0.875. The first-order chi connectivity index (χ1) is 7.68. The van der Waals surface area contributed by atoms with Crippen molar-refractivity contribution in [1.82, 2.24) is 5.32 Å². The van der Waals surface area contributed by atoms with Gasteiger partial charge in [0.05, 0.1) is 4.47 Å². The number of aryl methyl sites for hydroxylation is 1. The second kappa shape index (κ2) is 5.19. The van der Waals surface area contributed by atoms with Gasteiger partial charge in [0.25, 0.3) is 0 Å². The van der Waals surface area contributed by atoms with Crippen molar-refractivity contribution in [1.29, 1.82) is 0 Å². The molecule has 0 bridgehead atoms. The molecule has 1 aromatic rings. The number of rotatable bonds is 2. The summed E-state index contributed by atoms with van der Waals surface area (Å²) in [5, 5.41) is 13.3. The Morgan fingerprint density at radius 2 is 2.31 bits per heavy atom. The molecule has 0 amide bonds. The number of hydrogen-bond acceptors (Lipinski definition) is 2. The lowest BCUT2D eigenvalue weighted by Gasteiger charge is -2.23. The molecule has 16 heavy (non-hydrogen) atoms. The number of hydrogen-bond donors (Lipinski definition) is 2. The van der Waals surface area contributed by atoms with Gasteiger partial charge in [0.1, 0.15) is 5.75 Å². The lowest BCUT2D eigenvalue weighted by molar-refractivity contribution is 0.375. The zero-order chi connectivity index (χ0) is 11.5. The maximum absolute atomic E-state index is 9.85. The van der Waals surface area contributed by atoms with Gasteiger partial charge in [-0.15, -0.1) is 0 Å². The standard InChI is InChI=1S/C13H18BrNO/c1-9-4-5-11(12(14)13(9)16)7-10-3-2-6-15-8-10/h4-5,10,15-16H,2-3,6-8H2,1H3. The first kappa shape index (κ1) is 11.9. The summed E-state index contributed by atoms with van der Waals surface area (Å²) in [4.78, 5) is 0. The van der Waals surface area contributed by atoms with Crippen LogP contribution in [0, 0.1) is 12.8 Å². The zero-order valence-electron chi connectivity index (χ0n) is 9.59. The highest BCUT2D eigenvalue weighted by atomic mass is 79.9. The SMILES string of the molecule is Cc1ccc(CC2CCCNC2)c(Br)c1O. The van der Waals surface area contributed by atoms with E-state index >= 15 is 0 Å². The fourth-order valence-corrected chi connectivity index (χ4v) is 2.88. The summed E-state index contributed by atoms with van der Waals surface area (Å²) in [5.41, 5.74) is 2.15. The maximum atomic E-state index is 9.85. The Kier molecular flexibility index (Phi) is 3.87. The Morgan fingerprint density at radius 1 is 1.50 bits per heavy atom. The summed E-state index contributed by atoms with van der Waals surface area (Å²) in [6, 6.07) is 4.11. The van der Waals surface area contributed by atoms with Crippen molar-refractivity contribution in [3.05, 3.63) is 27.7 Å². The van der Waals surface area contributed by atoms with Crippen LogP contribution in [0.5, 0.6) is 5.75 Å². The van der Waals surface area contributed by atoms with Crippen molar-refractivity contribution in [2.24, 2.45) is 5.92 Å². The van der Waals surface area contributed by atoms with Gasteiger partial charge in [0.2, 0.25) is 0 Å². The number of phenolic OH excluding ortho intramolecular Hbond substituents is 1. The van der Waals surface area contributed by atoms with Gasteiger partial charge < -0.3 is 10.4 Å². The Balaban J connectivity index is 2.11. The average Bonchev–Trinajstić information content (AvgIpc) is 2.31. The molecule has 1 aliphatic heterocycles. The van der Waals surface area contributed by atoms with Crippen LogP contribution in [-0.4, -0.2) is 18.2 Å². The fraction of sp³-hybridized carbons (Fsp3) is 0.538. The molecule has 0 spiro atoms. The second-order valence-electron chi connectivity index (χ2n) is 4.62. The highest BCUT2D eigenvalue weighted by Crippen LogP contribution is 2.32. The van der Waals surface area contributed by atoms with Gasteiger partial charge in [-0.25, -0.2) is 0 Å². The van der Waals surface area contributed by atoms with E-state index < -0.39 is 0 Å². The van der Waals surface area contributed by atoms with Crippen molar-refractivity contribution in [2.45, 2.75) is 26.2 Å². The molecule has 1 aliphatic rings. The van der Waals surface area contributed by atoms with E-state index in [4.69, 9.17) is 0 Å².